The summed E-state index contributed by atoms with van der Waals surface area (Å²) in [6, 6.07) is 22.1. The summed E-state index contributed by atoms with van der Waals surface area (Å²) in [6.07, 6.45) is 2.58. The lowest BCUT2D eigenvalue weighted by atomic mass is 10.2. The number of hydrogen-bond donors (Lipinski definition) is 1. The number of likely N-dealkylation sites (tertiary alicyclic amines) is 1. The molecular formula is C25H24N4O2S. The maximum absolute atomic E-state index is 12.7. The molecule has 3 heterocycles. The number of benzene rings is 2. The Balaban J connectivity index is 1.21. The Bertz CT molecular complexity index is 1200. The number of hydrogen-bond acceptors (Lipinski definition) is 6. The summed E-state index contributed by atoms with van der Waals surface area (Å²) in [6.45, 7) is 2.80. The van der Waals surface area contributed by atoms with Crippen LogP contribution >= 0.6 is 11.8 Å². The van der Waals surface area contributed by atoms with E-state index in [1.165, 1.54) is 17.3 Å². The van der Waals surface area contributed by atoms with E-state index in [2.05, 4.69) is 44.5 Å². The van der Waals surface area contributed by atoms with Crippen molar-refractivity contribution in [1.29, 1.82) is 0 Å². The molecule has 0 bridgehead atoms. The van der Waals surface area contributed by atoms with Crippen molar-refractivity contribution in [2.24, 2.45) is 0 Å². The monoisotopic (exact) mass is 444 g/mol. The summed E-state index contributed by atoms with van der Waals surface area (Å²) in [7, 11) is 0. The fraction of sp³-hybridized carbons (Fsp3) is 0.240. The number of fused-ring (bicyclic) bond motifs is 1. The molecule has 0 radical (unpaired) electrons. The molecule has 2 aromatic carbocycles. The molecule has 1 amide bonds. The summed E-state index contributed by atoms with van der Waals surface area (Å²) < 4.78 is 5.47. The van der Waals surface area contributed by atoms with E-state index in [-0.39, 0.29) is 11.9 Å². The van der Waals surface area contributed by atoms with Gasteiger partial charge in [0.05, 0.1) is 17.5 Å². The van der Waals surface area contributed by atoms with E-state index >= 15 is 0 Å². The number of para-hydroxylation sites is 1. The Hall–Kier alpha value is -3.16. The summed E-state index contributed by atoms with van der Waals surface area (Å²) in [4.78, 5) is 24.3. The van der Waals surface area contributed by atoms with E-state index < -0.39 is 0 Å². The van der Waals surface area contributed by atoms with E-state index in [0.29, 0.717) is 17.3 Å². The van der Waals surface area contributed by atoms with E-state index in [1.807, 2.05) is 42.5 Å². The van der Waals surface area contributed by atoms with Gasteiger partial charge in [0.2, 0.25) is 5.91 Å². The molecule has 1 unspecified atom stereocenters. The third-order valence-electron chi connectivity index (χ3n) is 5.54. The molecule has 1 aliphatic rings. The summed E-state index contributed by atoms with van der Waals surface area (Å²) in [5.74, 6) is 1.49. The van der Waals surface area contributed by atoms with Crippen molar-refractivity contribution in [3.8, 4) is 11.6 Å². The lowest BCUT2D eigenvalue weighted by Crippen LogP contribution is -2.38. The number of carbonyl (C=O) groups is 1. The smallest absolute Gasteiger partial charge is 0.230 e. The van der Waals surface area contributed by atoms with Gasteiger partial charge in [0, 0.05) is 31.1 Å². The summed E-state index contributed by atoms with van der Waals surface area (Å²) >= 11 is 1.44. The highest BCUT2D eigenvalue weighted by Gasteiger charge is 2.24. The molecule has 1 fully saturated rings. The van der Waals surface area contributed by atoms with Gasteiger partial charge in [-0.15, -0.1) is 0 Å². The van der Waals surface area contributed by atoms with Crippen LogP contribution in [0.5, 0.6) is 0 Å². The van der Waals surface area contributed by atoms with Crippen LogP contribution in [0.25, 0.3) is 22.5 Å². The minimum Gasteiger partial charge on any atom is -0.461 e. The van der Waals surface area contributed by atoms with Crippen LogP contribution in [0.1, 0.15) is 12.0 Å². The van der Waals surface area contributed by atoms with Gasteiger partial charge in [-0.3, -0.25) is 9.69 Å². The van der Waals surface area contributed by atoms with Crippen molar-refractivity contribution in [1.82, 2.24) is 20.2 Å². The summed E-state index contributed by atoms with van der Waals surface area (Å²) in [5.41, 5.74) is 2.14. The minimum atomic E-state index is 0.0313. The molecule has 0 saturated carbocycles. The average molecular weight is 445 g/mol. The minimum absolute atomic E-state index is 0.0313. The molecule has 1 atom stereocenters. The van der Waals surface area contributed by atoms with E-state index in [9.17, 15) is 4.79 Å². The van der Waals surface area contributed by atoms with Crippen LogP contribution in [0.2, 0.25) is 0 Å². The fourth-order valence-electron chi connectivity index (χ4n) is 4.01. The van der Waals surface area contributed by atoms with Gasteiger partial charge in [-0.2, -0.15) is 0 Å². The molecule has 2 aromatic heterocycles. The number of nitrogens with one attached hydrogen (secondary N) is 1. The van der Waals surface area contributed by atoms with Crippen LogP contribution in [0.3, 0.4) is 0 Å². The third-order valence-corrected chi connectivity index (χ3v) is 6.53. The van der Waals surface area contributed by atoms with E-state index in [1.54, 1.807) is 6.26 Å². The number of rotatable bonds is 7. The molecular weight excluding hydrogens is 420 g/mol. The molecule has 5 rings (SSSR count). The number of aromatic nitrogens is 2. The molecule has 1 aliphatic heterocycles. The largest absolute Gasteiger partial charge is 0.461 e. The molecule has 6 nitrogen and oxygen atoms in total. The van der Waals surface area contributed by atoms with Crippen LogP contribution in [-0.2, 0) is 11.3 Å². The van der Waals surface area contributed by atoms with Crippen LogP contribution in [0.4, 0.5) is 0 Å². The highest BCUT2D eigenvalue weighted by atomic mass is 32.2. The second kappa shape index (κ2) is 9.54. The highest BCUT2D eigenvalue weighted by Crippen LogP contribution is 2.28. The Morgan fingerprint density at radius 2 is 1.91 bits per heavy atom. The van der Waals surface area contributed by atoms with Crippen molar-refractivity contribution < 1.29 is 9.21 Å². The molecule has 32 heavy (non-hydrogen) atoms. The lowest BCUT2D eigenvalue weighted by Gasteiger charge is -2.17. The molecule has 0 aliphatic carbocycles. The van der Waals surface area contributed by atoms with Gasteiger partial charge < -0.3 is 9.73 Å². The third kappa shape index (κ3) is 4.84. The average Bonchev–Trinajstić information content (AvgIpc) is 3.51. The molecule has 1 saturated heterocycles. The predicted octanol–water partition coefficient (Wildman–Crippen LogP) is 4.37. The zero-order valence-corrected chi connectivity index (χ0v) is 18.4. The van der Waals surface area contributed by atoms with Gasteiger partial charge in [-0.25, -0.2) is 9.97 Å². The SMILES string of the molecule is O=C(CSc1nc(-c2ccco2)nc2ccccc12)NC1CCN(Cc2ccccc2)C1. The van der Waals surface area contributed by atoms with Crippen LogP contribution < -0.4 is 5.32 Å². The second-order valence-electron chi connectivity index (χ2n) is 7.91. The molecule has 4 aromatic rings. The highest BCUT2D eigenvalue weighted by molar-refractivity contribution is 8.00. The number of carbonyl (C=O) groups excluding carboxylic acids is 1. The van der Waals surface area contributed by atoms with Gasteiger partial charge in [0.1, 0.15) is 5.03 Å². The Kier molecular flexibility index (Phi) is 6.18. The normalized spacial score (nSPS) is 16.4. The number of amides is 1. The Morgan fingerprint density at radius 1 is 1.06 bits per heavy atom. The first-order valence-electron chi connectivity index (χ1n) is 10.7. The topological polar surface area (TPSA) is 71.3 Å². The van der Waals surface area contributed by atoms with Gasteiger partial charge in [0.25, 0.3) is 0 Å². The fourth-order valence-corrected chi connectivity index (χ4v) is 4.84. The molecule has 0 spiro atoms. The standard InChI is InChI=1S/C25H24N4O2S/c30-23(26-19-12-13-29(16-19)15-18-7-2-1-3-8-18)17-32-25-20-9-4-5-10-21(20)27-24(28-25)22-11-6-14-31-22/h1-11,14,19H,12-13,15-17H2,(H,26,30). The first kappa shape index (κ1) is 20.7. The predicted molar refractivity (Wildman–Crippen MR) is 126 cm³/mol. The zero-order chi connectivity index (χ0) is 21.8. The number of nitrogens with zero attached hydrogens (tertiary/aromatic N) is 3. The van der Waals surface area contributed by atoms with Crippen LogP contribution in [0, 0.1) is 0 Å². The van der Waals surface area contributed by atoms with Crippen molar-refractivity contribution in [3.63, 3.8) is 0 Å². The number of furan rings is 1. The van der Waals surface area contributed by atoms with Gasteiger partial charge >= 0.3 is 0 Å². The maximum atomic E-state index is 12.7. The summed E-state index contributed by atoms with van der Waals surface area (Å²) in [5, 5.41) is 4.92. The van der Waals surface area contributed by atoms with Gasteiger partial charge in [-0.05, 0) is 30.2 Å². The Labute approximate surface area is 191 Å². The quantitative estimate of drug-likeness (QED) is 0.337. The number of thioether (sulfide) groups is 1. The first-order valence-corrected chi connectivity index (χ1v) is 11.7. The molecule has 7 heteroatoms. The van der Waals surface area contributed by atoms with E-state index in [0.717, 1.165) is 42.0 Å². The van der Waals surface area contributed by atoms with Crippen molar-refractivity contribution in [2.75, 3.05) is 18.8 Å². The lowest BCUT2D eigenvalue weighted by molar-refractivity contribution is -0.119. The second-order valence-corrected chi connectivity index (χ2v) is 8.87. The van der Waals surface area contributed by atoms with Gasteiger partial charge in [0.15, 0.2) is 11.6 Å². The Morgan fingerprint density at radius 3 is 2.75 bits per heavy atom. The van der Waals surface area contributed by atoms with Crippen LogP contribution in [-0.4, -0.2) is 45.7 Å². The van der Waals surface area contributed by atoms with Crippen LogP contribution in [0.15, 0.2) is 82.4 Å². The van der Waals surface area contributed by atoms with Gasteiger partial charge in [-0.1, -0.05) is 60.3 Å². The van der Waals surface area contributed by atoms with Crippen molar-refractivity contribution in [3.05, 3.63) is 78.6 Å². The molecule has 1 N–H and O–H groups in total. The molecule has 162 valence electrons. The van der Waals surface area contributed by atoms with Crippen molar-refractivity contribution >= 4 is 28.6 Å². The maximum Gasteiger partial charge on any atom is 0.230 e. The van der Waals surface area contributed by atoms with Crippen molar-refractivity contribution in [2.45, 2.75) is 24.0 Å². The zero-order valence-electron chi connectivity index (χ0n) is 17.6. The first-order chi connectivity index (χ1) is 15.7. The van der Waals surface area contributed by atoms with E-state index in [4.69, 9.17) is 4.42 Å².